The third kappa shape index (κ3) is 2.98. The monoisotopic (exact) mass is 185 g/mol. The molecule has 0 unspecified atom stereocenters. The molecule has 0 spiro atoms. The fourth-order valence-corrected chi connectivity index (χ4v) is 1.54. The first-order valence-corrected chi connectivity index (χ1v) is 5.40. The summed E-state index contributed by atoms with van der Waals surface area (Å²) in [6.45, 7) is 15.3. The molecular formula is C12H27N. The highest BCUT2D eigenvalue weighted by atomic mass is 14.8. The van der Waals surface area contributed by atoms with Gasteiger partial charge >= 0.3 is 0 Å². The predicted octanol–water partition coefficient (Wildman–Crippen LogP) is 3.30. The third-order valence-electron chi connectivity index (χ3n) is 4.19. The van der Waals surface area contributed by atoms with Crippen LogP contribution in [-0.2, 0) is 0 Å². The molecular weight excluding hydrogens is 158 g/mol. The van der Waals surface area contributed by atoms with Crippen molar-refractivity contribution in [1.82, 2.24) is 5.32 Å². The molecule has 0 fully saturated rings. The fourth-order valence-electron chi connectivity index (χ4n) is 1.54. The van der Waals surface area contributed by atoms with Gasteiger partial charge in [0.25, 0.3) is 0 Å². The first-order valence-electron chi connectivity index (χ1n) is 5.40. The molecule has 80 valence electrons. The minimum Gasteiger partial charge on any atom is -0.320 e. The van der Waals surface area contributed by atoms with Gasteiger partial charge in [-0.25, -0.2) is 0 Å². The summed E-state index contributed by atoms with van der Waals surface area (Å²) in [4.78, 5) is 0. The SMILES string of the molecule is CNCCC(C)(C)C(C)(C)C(C)C. The molecule has 0 aromatic rings. The summed E-state index contributed by atoms with van der Waals surface area (Å²) in [7, 11) is 2.03. The molecule has 0 heterocycles. The third-order valence-corrected chi connectivity index (χ3v) is 4.19. The van der Waals surface area contributed by atoms with Crippen molar-refractivity contribution in [2.24, 2.45) is 16.7 Å². The van der Waals surface area contributed by atoms with Crippen molar-refractivity contribution in [3.05, 3.63) is 0 Å². The molecule has 0 aliphatic heterocycles. The molecule has 1 nitrogen and oxygen atoms in total. The van der Waals surface area contributed by atoms with Crippen molar-refractivity contribution in [1.29, 1.82) is 0 Å². The Morgan fingerprint density at radius 2 is 1.54 bits per heavy atom. The number of rotatable bonds is 5. The Morgan fingerprint density at radius 1 is 1.08 bits per heavy atom. The Bertz CT molecular complexity index is 145. The van der Waals surface area contributed by atoms with Crippen LogP contribution >= 0.6 is 0 Å². The largest absolute Gasteiger partial charge is 0.320 e. The maximum absolute atomic E-state index is 3.23. The Morgan fingerprint density at radius 3 is 1.85 bits per heavy atom. The van der Waals surface area contributed by atoms with E-state index in [1.165, 1.54) is 6.42 Å². The van der Waals surface area contributed by atoms with Gasteiger partial charge in [0, 0.05) is 0 Å². The topological polar surface area (TPSA) is 12.0 Å². The van der Waals surface area contributed by atoms with Gasteiger partial charge in [-0.15, -0.1) is 0 Å². The Hall–Kier alpha value is -0.0400. The fraction of sp³-hybridized carbons (Fsp3) is 1.00. The Kier molecular flexibility index (Phi) is 4.44. The maximum Gasteiger partial charge on any atom is -0.00466 e. The molecule has 0 aliphatic rings. The van der Waals surface area contributed by atoms with Crippen molar-refractivity contribution in [3.8, 4) is 0 Å². The Labute approximate surface area is 84.3 Å². The van der Waals surface area contributed by atoms with Crippen molar-refractivity contribution in [2.45, 2.75) is 48.0 Å². The zero-order valence-corrected chi connectivity index (χ0v) is 10.5. The zero-order valence-electron chi connectivity index (χ0n) is 10.5. The number of hydrogen-bond acceptors (Lipinski definition) is 1. The quantitative estimate of drug-likeness (QED) is 0.693. The van der Waals surface area contributed by atoms with Crippen LogP contribution in [0.1, 0.15) is 48.0 Å². The predicted molar refractivity (Wildman–Crippen MR) is 60.9 cm³/mol. The van der Waals surface area contributed by atoms with Gasteiger partial charge in [-0.2, -0.15) is 0 Å². The van der Waals surface area contributed by atoms with E-state index in [1.807, 2.05) is 7.05 Å². The van der Waals surface area contributed by atoms with Crippen LogP contribution in [0.4, 0.5) is 0 Å². The van der Waals surface area contributed by atoms with E-state index in [4.69, 9.17) is 0 Å². The van der Waals surface area contributed by atoms with E-state index in [1.54, 1.807) is 0 Å². The Balaban J connectivity index is 4.41. The first kappa shape index (κ1) is 13.0. The molecule has 1 N–H and O–H groups in total. The molecule has 0 aromatic carbocycles. The molecule has 0 radical (unpaired) electrons. The van der Waals surface area contributed by atoms with Gasteiger partial charge in [-0.3, -0.25) is 0 Å². The van der Waals surface area contributed by atoms with Gasteiger partial charge in [0.2, 0.25) is 0 Å². The summed E-state index contributed by atoms with van der Waals surface area (Å²) < 4.78 is 0. The summed E-state index contributed by atoms with van der Waals surface area (Å²) in [6.07, 6.45) is 1.24. The van der Waals surface area contributed by atoms with Gasteiger partial charge < -0.3 is 5.32 Å². The van der Waals surface area contributed by atoms with E-state index in [0.29, 0.717) is 10.8 Å². The molecule has 0 saturated carbocycles. The highest BCUT2D eigenvalue weighted by molar-refractivity contribution is 4.88. The smallest absolute Gasteiger partial charge is 0.00466 e. The van der Waals surface area contributed by atoms with Crippen molar-refractivity contribution in [3.63, 3.8) is 0 Å². The summed E-state index contributed by atoms with van der Waals surface area (Å²) in [5, 5.41) is 3.23. The second-order valence-corrected chi connectivity index (χ2v) is 5.61. The summed E-state index contributed by atoms with van der Waals surface area (Å²) in [5.74, 6) is 0.736. The molecule has 0 aliphatic carbocycles. The summed E-state index contributed by atoms with van der Waals surface area (Å²) in [5.41, 5.74) is 0.814. The van der Waals surface area contributed by atoms with E-state index >= 15 is 0 Å². The van der Waals surface area contributed by atoms with E-state index in [2.05, 4.69) is 46.9 Å². The van der Waals surface area contributed by atoms with Crippen molar-refractivity contribution < 1.29 is 0 Å². The van der Waals surface area contributed by atoms with E-state index < -0.39 is 0 Å². The van der Waals surface area contributed by atoms with E-state index in [0.717, 1.165) is 12.5 Å². The van der Waals surface area contributed by atoms with Crippen molar-refractivity contribution >= 4 is 0 Å². The van der Waals surface area contributed by atoms with E-state index in [9.17, 15) is 0 Å². The minimum atomic E-state index is 0.407. The normalized spacial score (nSPS) is 13.8. The van der Waals surface area contributed by atoms with Gasteiger partial charge in [0.15, 0.2) is 0 Å². The van der Waals surface area contributed by atoms with Gasteiger partial charge in [0.05, 0.1) is 0 Å². The minimum absolute atomic E-state index is 0.407. The maximum atomic E-state index is 3.23. The second kappa shape index (κ2) is 4.45. The standard InChI is InChI=1S/C12H27N/c1-10(2)12(5,6)11(3,4)8-9-13-7/h10,13H,8-9H2,1-7H3. The highest BCUT2D eigenvalue weighted by Crippen LogP contribution is 2.46. The molecule has 0 atom stereocenters. The number of nitrogens with one attached hydrogen (secondary N) is 1. The lowest BCUT2D eigenvalue weighted by molar-refractivity contribution is 0.0483. The average Bonchev–Trinajstić information content (AvgIpc) is 2.00. The lowest BCUT2D eigenvalue weighted by Crippen LogP contribution is -2.38. The van der Waals surface area contributed by atoms with Crippen LogP contribution in [0.25, 0.3) is 0 Å². The molecule has 0 rings (SSSR count). The lowest BCUT2D eigenvalue weighted by atomic mass is 9.61. The van der Waals surface area contributed by atoms with Gasteiger partial charge in [-0.1, -0.05) is 41.5 Å². The van der Waals surface area contributed by atoms with Crippen molar-refractivity contribution in [2.75, 3.05) is 13.6 Å². The van der Waals surface area contributed by atoms with Crippen LogP contribution in [0, 0.1) is 16.7 Å². The van der Waals surface area contributed by atoms with Crippen LogP contribution in [0.5, 0.6) is 0 Å². The van der Waals surface area contributed by atoms with Crippen LogP contribution in [0.15, 0.2) is 0 Å². The van der Waals surface area contributed by atoms with Gasteiger partial charge in [-0.05, 0) is 36.8 Å². The lowest BCUT2D eigenvalue weighted by Gasteiger charge is -2.45. The molecule has 0 bridgehead atoms. The first-order chi connectivity index (χ1) is 5.75. The summed E-state index contributed by atoms with van der Waals surface area (Å²) >= 11 is 0. The molecule has 1 heteroatoms. The molecule has 0 saturated heterocycles. The highest BCUT2D eigenvalue weighted by Gasteiger charge is 2.38. The van der Waals surface area contributed by atoms with Gasteiger partial charge in [0.1, 0.15) is 0 Å². The second-order valence-electron chi connectivity index (χ2n) is 5.61. The average molecular weight is 185 g/mol. The molecule has 13 heavy (non-hydrogen) atoms. The van der Waals surface area contributed by atoms with Crippen LogP contribution in [-0.4, -0.2) is 13.6 Å². The van der Waals surface area contributed by atoms with Crippen LogP contribution in [0.3, 0.4) is 0 Å². The number of hydrogen-bond donors (Lipinski definition) is 1. The molecule has 0 amide bonds. The zero-order chi connectivity index (χ0) is 10.7. The van der Waals surface area contributed by atoms with Crippen LogP contribution in [0.2, 0.25) is 0 Å². The summed E-state index contributed by atoms with van der Waals surface area (Å²) in [6, 6.07) is 0. The molecule has 0 aromatic heterocycles. The van der Waals surface area contributed by atoms with Crippen LogP contribution < -0.4 is 5.32 Å². The van der Waals surface area contributed by atoms with E-state index in [-0.39, 0.29) is 0 Å².